The first kappa shape index (κ1) is 66.5. The molecule has 29 heteroatoms. The third kappa shape index (κ3) is 16.6. The molecule has 4 aliphatic carbocycles. The van der Waals surface area contributed by atoms with Crippen LogP contribution in [-0.2, 0) is 71.3 Å². The van der Waals surface area contributed by atoms with Crippen molar-refractivity contribution >= 4 is 23.9 Å². The van der Waals surface area contributed by atoms with E-state index in [1.54, 1.807) is 6.08 Å². The molecule has 0 radical (unpaired) electrons. The van der Waals surface area contributed by atoms with Crippen molar-refractivity contribution in [3.05, 3.63) is 24.3 Å². The second-order valence-corrected chi connectivity index (χ2v) is 23.6. The lowest BCUT2D eigenvalue weighted by Gasteiger charge is -2.53. The summed E-state index contributed by atoms with van der Waals surface area (Å²) in [4.78, 5) is 49.9. The van der Waals surface area contributed by atoms with Crippen LogP contribution < -0.4 is 0 Å². The fourth-order valence-corrected chi connectivity index (χ4v) is 12.8. The van der Waals surface area contributed by atoms with Crippen molar-refractivity contribution in [3.63, 3.8) is 0 Å². The number of hydrogen-bond donors (Lipinski definition) is 14. The normalized spacial score (nSPS) is 45.8. The van der Waals surface area contributed by atoms with Crippen molar-refractivity contribution in [1.82, 2.24) is 0 Å². The molecule has 0 bridgehead atoms. The number of carbonyl (C=O) groups is 4. The number of aliphatic carboxylic acids is 1. The maximum atomic E-state index is 13.5. The van der Waals surface area contributed by atoms with E-state index in [2.05, 4.69) is 0 Å². The van der Waals surface area contributed by atoms with Gasteiger partial charge in [0, 0.05) is 31.6 Å². The summed E-state index contributed by atoms with van der Waals surface area (Å²) >= 11 is 0. The number of carboxylic acid groups (broad SMARTS) is 1. The Kier molecular flexibility index (Phi) is 23.9. The van der Waals surface area contributed by atoms with Crippen molar-refractivity contribution in [3.8, 4) is 0 Å². The molecule has 14 N–H and O–H groups in total. The molecular weight excluding hydrogens is 1120 g/mol. The highest BCUT2D eigenvalue weighted by Gasteiger charge is 2.57. The average molecular weight is 1210 g/mol. The zero-order valence-electron chi connectivity index (χ0n) is 46.5. The highest BCUT2D eigenvalue weighted by Crippen LogP contribution is 2.46. The Morgan fingerprint density at radius 1 is 0.500 bits per heavy atom. The summed E-state index contributed by atoms with van der Waals surface area (Å²) in [5, 5.41) is 152. The van der Waals surface area contributed by atoms with Crippen LogP contribution in [0.2, 0.25) is 0 Å². The monoisotopic (exact) mass is 1210 g/mol. The summed E-state index contributed by atoms with van der Waals surface area (Å²) in [6, 6.07) is 0. The molecule has 84 heavy (non-hydrogen) atoms. The molecule has 0 aromatic heterocycles. The van der Waals surface area contributed by atoms with Crippen LogP contribution in [0.1, 0.15) is 89.9 Å². The van der Waals surface area contributed by atoms with E-state index in [9.17, 15) is 85.6 Å². The third-order valence-corrected chi connectivity index (χ3v) is 17.7. The van der Waals surface area contributed by atoms with Gasteiger partial charge in [0.05, 0.1) is 67.6 Å². The molecule has 0 spiro atoms. The standard InChI is InChI=1S/C55H84O29/c1-74-34-14-24(4-10-30(34)60)6-13-41(65)83-51-47(71)43(67)36(20-56)80-55(51)84-52-48(72)45(69)38(21-75-40(64)12-5-23-2-8-26(57)9-3-23)82-54(52)79-35-18-28-32(77-50(35)25-7-11-29(59)31(61)15-25)16-27(58)17-33(28)78-53-49(73)46(70)44(68)37(81-53)22-76-42(66)19-39(62)63/h5-6,12-13,23-38,43-61,67-73H,2-4,7-11,14-22H2,1H3,(H,62,63)/t23?,24?,25?,26?,27?,28?,29?,30?,31?,32?,33?,34?,35?,36-,37-,38-,43-,44-,45-,46+,47+,48+,49-,50?,51-,52-,53-,54-,55+/m1/s1. The molecule has 4 heterocycles. The van der Waals surface area contributed by atoms with Gasteiger partial charge in [0.15, 0.2) is 25.0 Å². The van der Waals surface area contributed by atoms with E-state index >= 15 is 0 Å². The molecule has 29 nitrogen and oxygen atoms in total. The van der Waals surface area contributed by atoms with E-state index in [-0.39, 0.29) is 50.4 Å². The van der Waals surface area contributed by atoms with Crippen LogP contribution in [-0.4, -0.2) is 275 Å². The maximum Gasteiger partial charge on any atom is 0.330 e. The number of allylic oxidation sites excluding steroid dienone is 2. The van der Waals surface area contributed by atoms with Gasteiger partial charge in [-0.05, 0) is 94.8 Å². The first-order valence-electron chi connectivity index (χ1n) is 29.0. The second-order valence-electron chi connectivity index (χ2n) is 23.6. The summed E-state index contributed by atoms with van der Waals surface area (Å²) in [6.07, 6.45) is -29.1. The topological polar surface area (TPSA) is 453 Å². The molecule has 0 aromatic rings. The number of fused-ring (bicyclic) bond motifs is 1. The highest BCUT2D eigenvalue weighted by molar-refractivity contribution is 5.90. The molecule has 4 saturated carbocycles. The number of aliphatic hydroxyl groups is 13. The van der Waals surface area contributed by atoms with Crippen molar-refractivity contribution < 1.29 is 143 Å². The Bertz CT molecular complexity index is 2200. The van der Waals surface area contributed by atoms with Crippen LogP contribution in [0.3, 0.4) is 0 Å². The highest BCUT2D eigenvalue weighted by atomic mass is 16.8. The largest absolute Gasteiger partial charge is 0.481 e. The number of methoxy groups -OCH3 is 1. The van der Waals surface area contributed by atoms with Crippen molar-refractivity contribution in [2.45, 2.75) is 243 Å². The third-order valence-electron chi connectivity index (χ3n) is 17.7. The van der Waals surface area contributed by atoms with Crippen LogP contribution in [0.25, 0.3) is 0 Å². The molecule has 478 valence electrons. The lowest BCUT2D eigenvalue weighted by atomic mass is 9.72. The molecule has 8 aliphatic rings. The molecule has 0 amide bonds. The minimum atomic E-state index is -2.07. The van der Waals surface area contributed by atoms with E-state index in [1.165, 1.54) is 19.3 Å². The summed E-state index contributed by atoms with van der Waals surface area (Å²) in [5.41, 5.74) is 0. The zero-order chi connectivity index (χ0) is 60.7. The van der Waals surface area contributed by atoms with Gasteiger partial charge < -0.3 is 124 Å². The number of rotatable bonds is 20. The predicted molar refractivity (Wildman–Crippen MR) is 276 cm³/mol. The number of carbonyl (C=O) groups excluding carboxylic acids is 3. The Morgan fingerprint density at radius 3 is 1.79 bits per heavy atom. The van der Waals surface area contributed by atoms with Crippen LogP contribution in [0, 0.1) is 23.7 Å². The van der Waals surface area contributed by atoms with Crippen LogP contribution in [0.15, 0.2) is 24.3 Å². The molecule has 8 rings (SSSR count). The fourth-order valence-electron chi connectivity index (χ4n) is 12.8. The van der Waals surface area contributed by atoms with Gasteiger partial charge in [-0.25, -0.2) is 9.59 Å². The summed E-state index contributed by atoms with van der Waals surface area (Å²) in [7, 11) is 1.45. The van der Waals surface area contributed by atoms with Gasteiger partial charge in [-0.1, -0.05) is 12.2 Å². The first-order chi connectivity index (χ1) is 40.0. The van der Waals surface area contributed by atoms with Crippen LogP contribution >= 0.6 is 0 Å². The summed E-state index contributed by atoms with van der Waals surface area (Å²) in [6.45, 7) is -2.36. The molecule has 27 atom stereocenters. The van der Waals surface area contributed by atoms with Crippen molar-refractivity contribution in [2.24, 2.45) is 23.7 Å². The number of carboxylic acids is 1. The lowest BCUT2D eigenvalue weighted by molar-refractivity contribution is -0.380. The number of aliphatic hydroxyl groups excluding tert-OH is 13. The minimum Gasteiger partial charge on any atom is -0.481 e. The summed E-state index contributed by atoms with van der Waals surface area (Å²) < 4.78 is 65.9. The molecule has 8 fully saturated rings. The Hall–Kier alpha value is -3.48. The van der Waals surface area contributed by atoms with E-state index < -0.39 is 215 Å². The van der Waals surface area contributed by atoms with E-state index in [0.717, 1.165) is 6.08 Å². The van der Waals surface area contributed by atoms with E-state index in [0.29, 0.717) is 44.9 Å². The van der Waals surface area contributed by atoms with Gasteiger partial charge in [0.1, 0.15) is 86.8 Å². The number of hydrogen-bond acceptors (Lipinski definition) is 28. The number of ether oxygens (including phenoxy) is 11. The van der Waals surface area contributed by atoms with E-state index in [1.807, 2.05) is 0 Å². The molecular formula is C55H84O29. The van der Waals surface area contributed by atoms with Crippen molar-refractivity contribution in [1.29, 1.82) is 0 Å². The molecule has 12 unspecified atom stereocenters. The van der Waals surface area contributed by atoms with Crippen LogP contribution in [0.4, 0.5) is 0 Å². The van der Waals surface area contributed by atoms with Gasteiger partial charge in [0.25, 0.3) is 0 Å². The van der Waals surface area contributed by atoms with Gasteiger partial charge >= 0.3 is 23.9 Å². The smallest absolute Gasteiger partial charge is 0.330 e. The van der Waals surface area contributed by atoms with Crippen molar-refractivity contribution in [2.75, 3.05) is 26.9 Å². The predicted octanol–water partition coefficient (Wildman–Crippen LogP) is -4.40. The molecule has 0 aromatic carbocycles. The zero-order valence-corrected chi connectivity index (χ0v) is 46.5. The van der Waals surface area contributed by atoms with Crippen LogP contribution in [0.5, 0.6) is 0 Å². The van der Waals surface area contributed by atoms with E-state index in [4.69, 9.17) is 57.2 Å². The number of esters is 3. The minimum absolute atomic E-state index is 0.0103. The molecule has 4 saturated heterocycles. The quantitative estimate of drug-likeness (QED) is 0.0237. The lowest BCUT2D eigenvalue weighted by Crippen LogP contribution is -2.66. The first-order valence-corrected chi connectivity index (χ1v) is 29.0. The Morgan fingerprint density at radius 2 is 1.10 bits per heavy atom. The van der Waals surface area contributed by atoms with Gasteiger partial charge in [0.2, 0.25) is 0 Å². The average Bonchev–Trinajstić information content (AvgIpc) is 2.79. The summed E-state index contributed by atoms with van der Waals surface area (Å²) in [5.74, 6) is -6.24. The van der Waals surface area contributed by atoms with Gasteiger partial charge in [-0.3, -0.25) is 9.59 Å². The maximum absolute atomic E-state index is 13.5. The SMILES string of the molecule is COC1CC(C=CC(=O)O[C@H]2[C@H](O[C@H]3[C@H](OC4CC5C(CC(O)CC5O[C@@H]5O[C@H](COC(=O)CC(=O)O)[C@@H](O)[C@H](O)[C@H]5O)OC4C4CCC(O)C(O)C4)O[C@H](COC(=O)C=CC4CCC(O)CC4)[C@@H](O)[C@@H]3O)O[C@H](CO)[C@@H](O)[C@@H]2O)CCC1O. The van der Waals surface area contributed by atoms with Gasteiger partial charge in [-0.2, -0.15) is 0 Å². The Balaban J connectivity index is 1.08. The Labute approximate surface area is 483 Å². The van der Waals surface area contributed by atoms with Gasteiger partial charge in [-0.15, -0.1) is 0 Å². The fraction of sp³-hybridized carbons (Fsp3) is 0.855. The second kappa shape index (κ2) is 30.1. The molecule has 4 aliphatic heterocycles.